The molecule has 1 aromatic carbocycles. The van der Waals surface area contributed by atoms with Crippen LogP contribution in [-0.2, 0) is 9.05 Å². The molecular weight excluding hydrogens is 272 g/mol. The van der Waals surface area contributed by atoms with E-state index in [0.717, 1.165) is 0 Å². The summed E-state index contributed by atoms with van der Waals surface area (Å²) >= 11 is 0. The van der Waals surface area contributed by atoms with Gasteiger partial charge in [-0.2, -0.15) is 0 Å². The van der Waals surface area contributed by atoms with E-state index in [1.54, 1.807) is 0 Å². The van der Waals surface area contributed by atoms with Gasteiger partial charge in [0.1, 0.15) is 5.82 Å². The van der Waals surface area contributed by atoms with E-state index in [0.29, 0.717) is 0 Å². The van der Waals surface area contributed by atoms with E-state index in [2.05, 4.69) is 10.7 Å². The third kappa shape index (κ3) is 3.08. The minimum atomic E-state index is -4.79. The van der Waals surface area contributed by atoms with Gasteiger partial charge in [-0.25, -0.2) is 26.0 Å². The number of rotatable bonds is 1. The number of hydrogen-bond acceptors (Lipinski definition) is 2. The molecule has 0 aliphatic carbocycles. The first-order valence-electron chi connectivity index (χ1n) is 4.03. The van der Waals surface area contributed by atoms with Gasteiger partial charge in [-0.05, 0) is 0 Å². The third-order valence-corrected chi connectivity index (χ3v) is 2.64. The Balaban J connectivity index is 0.00000106. The molecule has 0 heterocycles. The van der Waals surface area contributed by atoms with Crippen LogP contribution < -0.4 is 0 Å². The lowest BCUT2D eigenvalue weighted by atomic mass is 10.3. The number of benzene rings is 1. The molecule has 1 aromatic rings. The molecule has 0 aliphatic rings. The Morgan fingerprint density at radius 2 is 1.44 bits per heavy atom. The van der Waals surface area contributed by atoms with Gasteiger partial charge in [0, 0.05) is 16.7 Å². The van der Waals surface area contributed by atoms with Gasteiger partial charge in [-0.15, -0.1) is 0 Å². The van der Waals surface area contributed by atoms with E-state index in [1.807, 2.05) is 13.8 Å². The molecule has 8 heteroatoms. The molecule has 0 radical (unpaired) electrons. The Hall–Kier alpha value is -0.820. The van der Waals surface area contributed by atoms with E-state index in [-0.39, 0.29) is 6.07 Å². The second-order valence-electron chi connectivity index (χ2n) is 2.24. The van der Waals surface area contributed by atoms with Crippen molar-refractivity contribution in [2.24, 2.45) is 0 Å². The second-order valence-corrected chi connectivity index (χ2v) is 4.74. The predicted octanol–water partition coefficient (Wildman–Crippen LogP) is 3.20. The smallest absolute Gasteiger partial charge is 0.207 e. The third-order valence-electron chi connectivity index (χ3n) is 1.32. The van der Waals surface area contributed by atoms with E-state index in [9.17, 15) is 26.0 Å². The lowest BCUT2D eigenvalue weighted by molar-refractivity contribution is 0.412. The van der Waals surface area contributed by atoms with Gasteiger partial charge < -0.3 is 0 Å². The van der Waals surface area contributed by atoms with E-state index < -0.39 is 37.2 Å². The fourth-order valence-corrected chi connectivity index (χ4v) is 1.79. The van der Waals surface area contributed by atoms with Crippen LogP contribution in [0.15, 0.2) is 11.0 Å². The van der Waals surface area contributed by atoms with Gasteiger partial charge in [0.05, 0.1) is 0 Å². The zero-order chi connectivity index (χ0) is 13.1. The Morgan fingerprint density at radius 1 is 1.00 bits per heavy atom. The highest BCUT2D eigenvalue weighted by Gasteiger charge is 2.27. The Kier molecular flexibility index (Phi) is 5.21. The fourth-order valence-electron chi connectivity index (χ4n) is 0.773. The van der Waals surface area contributed by atoms with Crippen molar-refractivity contribution in [1.82, 2.24) is 0 Å². The van der Waals surface area contributed by atoms with Crippen molar-refractivity contribution in [3.05, 3.63) is 29.3 Å². The molecule has 0 spiro atoms. The normalized spacial score (nSPS) is 10.7. The number of hydrogen-bond donors (Lipinski definition) is 0. The van der Waals surface area contributed by atoms with Gasteiger partial charge in [0.2, 0.25) is 0 Å². The van der Waals surface area contributed by atoms with Crippen LogP contribution in [0.4, 0.5) is 17.6 Å². The minimum Gasteiger partial charge on any atom is -0.207 e. The summed E-state index contributed by atoms with van der Waals surface area (Å²) in [6.45, 7) is 4.00. The van der Waals surface area contributed by atoms with Gasteiger partial charge in [-0.1, -0.05) is 13.8 Å². The Morgan fingerprint density at radius 3 is 1.81 bits per heavy atom. The van der Waals surface area contributed by atoms with Crippen LogP contribution in [0, 0.1) is 23.3 Å². The SMILES string of the molecule is CC.O=S(=O)(Cl)c1c(F)cc(F)c(F)c1F. The first-order valence-corrected chi connectivity index (χ1v) is 6.33. The monoisotopic (exact) mass is 278 g/mol. The minimum absolute atomic E-state index is 0.103. The largest absolute Gasteiger partial charge is 0.267 e. The maximum Gasteiger partial charge on any atom is 0.267 e. The Bertz CT molecular complexity index is 487. The van der Waals surface area contributed by atoms with Crippen molar-refractivity contribution in [1.29, 1.82) is 0 Å². The van der Waals surface area contributed by atoms with Crippen molar-refractivity contribution in [2.75, 3.05) is 0 Å². The van der Waals surface area contributed by atoms with Crippen molar-refractivity contribution >= 4 is 19.7 Å². The molecule has 0 saturated carbocycles. The lowest BCUT2D eigenvalue weighted by Crippen LogP contribution is -2.04. The van der Waals surface area contributed by atoms with Crippen LogP contribution in [0.5, 0.6) is 0 Å². The molecule has 0 bridgehead atoms. The van der Waals surface area contributed by atoms with E-state index >= 15 is 0 Å². The van der Waals surface area contributed by atoms with Crippen LogP contribution in [0.25, 0.3) is 0 Å². The quantitative estimate of drug-likeness (QED) is 0.342. The molecule has 1 rings (SSSR count). The van der Waals surface area contributed by atoms with Gasteiger partial charge in [0.25, 0.3) is 9.05 Å². The van der Waals surface area contributed by atoms with Crippen molar-refractivity contribution < 1.29 is 26.0 Å². The summed E-state index contributed by atoms with van der Waals surface area (Å²) in [4.78, 5) is -1.70. The van der Waals surface area contributed by atoms with Crippen LogP contribution in [0.1, 0.15) is 13.8 Å². The van der Waals surface area contributed by atoms with Crippen LogP contribution in [-0.4, -0.2) is 8.42 Å². The number of halogens is 5. The zero-order valence-electron chi connectivity index (χ0n) is 8.19. The first-order chi connectivity index (χ1) is 7.25. The maximum atomic E-state index is 12.7. The predicted molar refractivity (Wildman–Crippen MR) is 50.7 cm³/mol. The summed E-state index contributed by atoms with van der Waals surface area (Å²) in [5.41, 5.74) is 0. The van der Waals surface area contributed by atoms with Crippen LogP contribution in [0.2, 0.25) is 0 Å². The standard InChI is InChI=1S/C6HClF4O2S.C2H6/c7-14(12,13)6-3(9)1-2(8)4(10)5(6)11;1-2/h1H;1-2H3. The summed E-state index contributed by atoms with van der Waals surface area (Å²) in [5.74, 6) is -7.87. The highest BCUT2D eigenvalue weighted by atomic mass is 35.7. The summed E-state index contributed by atoms with van der Waals surface area (Å²) < 4.78 is 71.2. The second kappa shape index (κ2) is 5.49. The van der Waals surface area contributed by atoms with Crippen LogP contribution in [0.3, 0.4) is 0 Å². The molecule has 0 aliphatic heterocycles. The van der Waals surface area contributed by atoms with E-state index in [4.69, 9.17) is 0 Å². The van der Waals surface area contributed by atoms with Crippen molar-refractivity contribution in [2.45, 2.75) is 18.7 Å². The molecule has 0 aromatic heterocycles. The molecule has 2 nitrogen and oxygen atoms in total. The fraction of sp³-hybridized carbons (Fsp3) is 0.250. The topological polar surface area (TPSA) is 34.1 Å². The summed E-state index contributed by atoms with van der Waals surface area (Å²) in [7, 11) is -0.191. The van der Waals surface area contributed by atoms with Gasteiger partial charge in [-0.3, -0.25) is 0 Å². The molecule has 0 unspecified atom stereocenters. The van der Waals surface area contributed by atoms with Crippen molar-refractivity contribution in [3.8, 4) is 0 Å². The molecule has 0 fully saturated rings. The maximum absolute atomic E-state index is 12.7. The molecular formula is C8H7ClF4O2S. The zero-order valence-corrected chi connectivity index (χ0v) is 9.76. The molecule has 0 saturated heterocycles. The Labute approximate surface area is 94.3 Å². The molecule has 92 valence electrons. The van der Waals surface area contributed by atoms with Crippen molar-refractivity contribution in [3.63, 3.8) is 0 Å². The first kappa shape index (κ1) is 15.2. The highest BCUT2D eigenvalue weighted by molar-refractivity contribution is 8.13. The average Bonchev–Trinajstić information content (AvgIpc) is 2.15. The average molecular weight is 279 g/mol. The highest BCUT2D eigenvalue weighted by Crippen LogP contribution is 2.25. The van der Waals surface area contributed by atoms with Gasteiger partial charge >= 0.3 is 0 Å². The van der Waals surface area contributed by atoms with E-state index in [1.165, 1.54) is 0 Å². The molecule has 0 atom stereocenters. The molecule has 0 amide bonds. The summed E-state index contributed by atoms with van der Waals surface area (Å²) in [5, 5.41) is 0. The van der Waals surface area contributed by atoms with Gasteiger partial charge in [0.15, 0.2) is 22.3 Å². The lowest BCUT2D eigenvalue weighted by Gasteiger charge is -2.02. The summed E-state index contributed by atoms with van der Waals surface area (Å²) in [6, 6.07) is -0.103. The summed E-state index contributed by atoms with van der Waals surface area (Å²) in [6.07, 6.45) is 0. The van der Waals surface area contributed by atoms with Crippen LogP contribution >= 0.6 is 10.7 Å². The molecule has 16 heavy (non-hydrogen) atoms. The molecule has 0 N–H and O–H groups in total.